The van der Waals surface area contributed by atoms with Crippen molar-refractivity contribution in [3.63, 3.8) is 0 Å². The van der Waals surface area contributed by atoms with Gasteiger partial charge in [-0.05, 0) is 17.2 Å². The van der Waals surface area contributed by atoms with Crippen LogP contribution in [0.3, 0.4) is 0 Å². The van der Waals surface area contributed by atoms with E-state index in [9.17, 15) is 5.26 Å². The highest BCUT2D eigenvalue weighted by atomic mass is 16.5. The zero-order valence-corrected chi connectivity index (χ0v) is 11.6. The minimum Gasteiger partial charge on any atom is -0.351 e. The second-order valence-electron chi connectivity index (χ2n) is 4.93. The molecule has 0 N–H and O–H groups in total. The molecule has 21 heavy (non-hydrogen) atoms. The van der Waals surface area contributed by atoms with Gasteiger partial charge in [-0.3, -0.25) is 4.90 Å². The zero-order chi connectivity index (χ0) is 14.5. The van der Waals surface area contributed by atoms with Gasteiger partial charge in [-0.1, -0.05) is 66.7 Å². The van der Waals surface area contributed by atoms with Crippen molar-refractivity contribution < 1.29 is 4.74 Å². The normalized spacial score (nSPS) is 21.6. The summed E-state index contributed by atoms with van der Waals surface area (Å²) >= 11 is 0. The Hall–Kier alpha value is -2.57. The maximum Gasteiger partial charge on any atom is 0.182 e. The van der Waals surface area contributed by atoms with Crippen LogP contribution in [0.4, 0.5) is 0 Å². The fourth-order valence-corrected chi connectivity index (χ4v) is 2.49. The van der Waals surface area contributed by atoms with E-state index < -0.39 is 0 Å². The summed E-state index contributed by atoms with van der Waals surface area (Å²) in [7, 11) is 0. The molecule has 1 fully saturated rings. The van der Waals surface area contributed by atoms with E-state index in [0.717, 1.165) is 11.1 Å². The van der Waals surface area contributed by atoms with Gasteiger partial charge in [0.25, 0.3) is 0 Å². The number of rotatable bonds is 3. The molecule has 3 nitrogen and oxygen atoms in total. The van der Waals surface area contributed by atoms with Crippen molar-refractivity contribution in [2.45, 2.75) is 12.3 Å². The smallest absolute Gasteiger partial charge is 0.182 e. The maximum absolute atomic E-state index is 9.43. The molecule has 1 aliphatic heterocycles. The highest BCUT2D eigenvalue weighted by Gasteiger charge is 2.33. The summed E-state index contributed by atoms with van der Waals surface area (Å²) in [6.45, 7) is 0.529. The Morgan fingerprint density at radius 3 is 2.38 bits per heavy atom. The zero-order valence-electron chi connectivity index (χ0n) is 11.6. The molecule has 0 amide bonds. The Morgan fingerprint density at radius 2 is 1.71 bits per heavy atom. The molecule has 2 aromatic rings. The molecular weight excluding hydrogens is 260 g/mol. The molecule has 0 unspecified atom stereocenters. The Kier molecular flexibility index (Phi) is 3.99. The Bertz CT molecular complexity index is 646. The van der Waals surface area contributed by atoms with Gasteiger partial charge in [-0.15, -0.1) is 0 Å². The van der Waals surface area contributed by atoms with E-state index in [4.69, 9.17) is 4.74 Å². The highest BCUT2D eigenvalue weighted by molar-refractivity contribution is 5.49. The quantitative estimate of drug-likeness (QED) is 0.804. The largest absolute Gasteiger partial charge is 0.351 e. The lowest BCUT2D eigenvalue weighted by atomic mass is 10.1. The van der Waals surface area contributed by atoms with Gasteiger partial charge in [0.15, 0.2) is 12.4 Å². The number of ether oxygens (including phenoxy) is 1. The summed E-state index contributed by atoms with van der Waals surface area (Å²) in [6.07, 6.45) is 5.87. The lowest BCUT2D eigenvalue weighted by Gasteiger charge is -2.20. The Balaban J connectivity index is 1.76. The molecule has 104 valence electrons. The van der Waals surface area contributed by atoms with E-state index >= 15 is 0 Å². The molecule has 0 bridgehead atoms. The number of hydrogen-bond donors (Lipinski definition) is 0. The van der Waals surface area contributed by atoms with E-state index in [-0.39, 0.29) is 12.3 Å². The van der Waals surface area contributed by atoms with Gasteiger partial charge in [-0.2, -0.15) is 5.26 Å². The maximum atomic E-state index is 9.43. The van der Waals surface area contributed by atoms with Crippen molar-refractivity contribution in [3.8, 4) is 6.19 Å². The van der Waals surface area contributed by atoms with Crippen LogP contribution in [-0.4, -0.2) is 17.7 Å². The molecule has 3 rings (SSSR count). The summed E-state index contributed by atoms with van der Waals surface area (Å²) < 4.78 is 5.76. The fraction of sp³-hybridized carbons (Fsp3) is 0.167. The van der Waals surface area contributed by atoms with Crippen LogP contribution in [0.15, 0.2) is 66.7 Å². The third kappa shape index (κ3) is 2.96. The molecule has 1 saturated heterocycles. The molecule has 2 atom stereocenters. The van der Waals surface area contributed by atoms with Crippen molar-refractivity contribution in [3.05, 3.63) is 77.9 Å². The van der Waals surface area contributed by atoms with E-state index in [2.05, 4.69) is 6.19 Å². The summed E-state index contributed by atoms with van der Waals surface area (Å²) in [5, 5.41) is 9.43. The Morgan fingerprint density at radius 1 is 1.05 bits per heavy atom. The third-order valence-electron chi connectivity index (χ3n) is 3.59. The first-order valence-electron chi connectivity index (χ1n) is 6.96. The van der Waals surface area contributed by atoms with Crippen molar-refractivity contribution in [2.24, 2.45) is 0 Å². The molecule has 1 aliphatic rings. The molecule has 0 radical (unpaired) electrons. The van der Waals surface area contributed by atoms with Gasteiger partial charge in [0.2, 0.25) is 0 Å². The number of nitrogens with zero attached hydrogens (tertiary/aromatic N) is 2. The molecule has 2 aromatic carbocycles. The monoisotopic (exact) mass is 276 g/mol. The van der Waals surface area contributed by atoms with Gasteiger partial charge >= 0.3 is 0 Å². The number of benzene rings is 2. The van der Waals surface area contributed by atoms with Crippen molar-refractivity contribution >= 4 is 6.08 Å². The first-order chi connectivity index (χ1) is 10.4. The van der Waals surface area contributed by atoms with Gasteiger partial charge in [-0.25, -0.2) is 0 Å². The molecule has 1 heterocycles. The SMILES string of the molecule is N#CN1[C@@H](c2ccccc2)CO[C@@H]1/C=C/c1ccccc1. The topological polar surface area (TPSA) is 36.3 Å². The minimum atomic E-state index is -0.305. The number of nitriles is 1. The second-order valence-corrected chi connectivity index (χ2v) is 4.93. The van der Waals surface area contributed by atoms with E-state index in [1.807, 2.05) is 72.8 Å². The molecule has 3 heteroatoms. The van der Waals surface area contributed by atoms with E-state index in [0.29, 0.717) is 6.61 Å². The second kappa shape index (κ2) is 6.25. The van der Waals surface area contributed by atoms with E-state index in [1.54, 1.807) is 4.90 Å². The predicted molar refractivity (Wildman–Crippen MR) is 81.9 cm³/mol. The molecular formula is C18H16N2O. The lowest BCUT2D eigenvalue weighted by molar-refractivity contribution is 0.0990. The predicted octanol–water partition coefficient (Wildman–Crippen LogP) is 3.58. The minimum absolute atomic E-state index is 0.0124. The molecule has 0 aliphatic carbocycles. The summed E-state index contributed by atoms with van der Waals surface area (Å²) in [5.74, 6) is 0. The van der Waals surface area contributed by atoms with Gasteiger partial charge < -0.3 is 4.74 Å². The molecule has 0 saturated carbocycles. The summed E-state index contributed by atoms with van der Waals surface area (Å²) in [4.78, 5) is 1.70. The van der Waals surface area contributed by atoms with Crippen LogP contribution in [0.25, 0.3) is 6.08 Å². The lowest BCUT2D eigenvalue weighted by Crippen LogP contribution is -2.26. The first kappa shape index (κ1) is 13.4. The van der Waals surface area contributed by atoms with Gasteiger partial charge in [0, 0.05) is 0 Å². The average Bonchev–Trinajstić information content (AvgIpc) is 2.97. The van der Waals surface area contributed by atoms with Crippen LogP contribution >= 0.6 is 0 Å². The van der Waals surface area contributed by atoms with Crippen molar-refractivity contribution in [1.82, 2.24) is 4.90 Å². The summed E-state index contributed by atoms with van der Waals surface area (Å²) in [5.41, 5.74) is 2.21. The molecule has 0 aromatic heterocycles. The van der Waals surface area contributed by atoms with Crippen LogP contribution in [0.2, 0.25) is 0 Å². The number of hydrogen-bond acceptors (Lipinski definition) is 3. The Labute approximate surface area is 124 Å². The van der Waals surface area contributed by atoms with Crippen LogP contribution in [0.1, 0.15) is 17.2 Å². The van der Waals surface area contributed by atoms with E-state index in [1.165, 1.54) is 0 Å². The van der Waals surface area contributed by atoms with Gasteiger partial charge in [0.1, 0.15) is 0 Å². The summed E-state index contributed by atoms with van der Waals surface area (Å²) in [6, 6.07) is 20.0. The third-order valence-corrected chi connectivity index (χ3v) is 3.59. The van der Waals surface area contributed by atoms with Crippen LogP contribution in [0, 0.1) is 11.5 Å². The van der Waals surface area contributed by atoms with Crippen LogP contribution < -0.4 is 0 Å². The molecule has 0 spiro atoms. The van der Waals surface area contributed by atoms with Gasteiger partial charge in [0.05, 0.1) is 12.6 Å². The standard InChI is InChI=1S/C18H16N2O/c19-14-20-17(16-9-5-2-6-10-16)13-21-18(20)12-11-15-7-3-1-4-8-15/h1-12,17-18H,13H2/b12-11+/t17-,18-/m1/s1. The van der Waals surface area contributed by atoms with Crippen molar-refractivity contribution in [2.75, 3.05) is 6.61 Å². The highest BCUT2D eigenvalue weighted by Crippen LogP contribution is 2.30. The van der Waals surface area contributed by atoms with Crippen LogP contribution in [-0.2, 0) is 4.74 Å². The van der Waals surface area contributed by atoms with Crippen molar-refractivity contribution in [1.29, 1.82) is 5.26 Å². The fourth-order valence-electron chi connectivity index (χ4n) is 2.49. The average molecular weight is 276 g/mol. The van der Waals surface area contributed by atoms with Crippen LogP contribution in [0.5, 0.6) is 0 Å². The first-order valence-corrected chi connectivity index (χ1v) is 6.96.